The fourth-order valence-electron chi connectivity index (χ4n) is 2.45. The first kappa shape index (κ1) is 14.1. The molecule has 0 aromatic heterocycles. The van der Waals surface area contributed by atoms with E-state index in [9.17, 15) is 0 Å². The summed E-state index contributed by atoms with van der Waals surface area (Å²) in [5.74, 6) is 0.376. The summed E-state index contributed by atoms with van der Waals surface area (Å²) in [6.07, 6.45) is 0. The summed E-state index contributed by atoms with van der Waals surface area (Å²) in [6.45, 7) is 5.29. The van der Waals surface area contributed by atoms with Crippen LogP contribution in [0.15, 0.2) is 54.6 Å². The van der Waals surface area contributed by atoms with Gasteiger partial charge in [0.25, 0.3) is 0 Å². The lowest BCUT2D eigenvalue weighted by molar-refractivity contribution is 0.479. The molecule has 0 spiro atoms. The molecule has 0 fully saturated rings. The molecular weight excluding hydrogens is 254 g/mol. The lowest BCUT2D eigenvalue weighted by Gasteiger charge is -2.26. The zero-order valence-electron chi connectivity index (χ0n) is 11.4. The fourth-order valence-corrected chi connectivity index (χ4v) is 2.71. The average Bonchev–Trinajstić information content (AvgIpc) is 2.46. The van der Waals surface area contributed by atoms with Crippen LogP contribution in [0.4, 0.5) is 0 Å². The van der Waals surface area contributed by atoms with E-state index >= 15 is 0 Å². The molecule has 2 heteroatoms. The van der Waals surface area contributed by atoms with Crippen molar-refractivity contribution < 1.29 is 0 Å². The van der Waals surface area contributed by atoms with E-state index in [1.807, 2.05) is 24.3 Å². The van der Waals surface area contributed by atoms with Gasteiger partial charge in [0.15, 0.2) is 0 Å². The van der Waals surface area contributed by atoms with E-state index in [1.165, 1.54) is 11.1 Å². The number of nitrogens with one attached hydrogen (secondary N) is 1. The summed E-state index contributed by atoms with van der Waals surface area (Å²) in [7, 11) is 0. The SMILES string of the molecule is CCNC(c1ccccc1Cl)C(C)c1ccccc1. The maximum atomic E-state index is 6.35. The van der Waals surface area contributed by atoms with E-state index in [4.69, 9.17) is 11.6 Å². The first-order valence-corrected chi connectivity index (χ1v) is 7.14. The highest BCUT2D eigenvalue weighted by molar-refractivity contribution is 6.31. The molecule has 0 bridgehead atoms. The van der Waals surface area contributed by atoms with E-state index in [0.717, 1.165) is 11.6 Å². The van der Waals surface area contributed by atoms with Crippen molar-refractivity contribution in [3.05, 3.63) is 70.7 Å². The molecule has 0 saturated carbocycles. The largest absolute Gasteiger partial charge is 0.310 e. The molecule has 0 heterocycles. The lowest BCUT2D eigenvalue weighted by atomic mass is 9.88. The number of hydrogen-bond donors (Lipinski definition) is 1. The van der Waals surface area contributed by atoms with E-state index in [2.05, 4.69) is 49.5 Å². The topological polar surface area (TPSA) is 12.0 Å². The fraction of sp³-hybridized carbons (Fsp3) is 0.294. The van der Waals surface area contributed by atoms with Crippen molar-refractivity contribution in [1.29, 1.82) is 0 Å². The second kappa shape index (κ2) is 6.74. The van der Waals surface area contributed by atoms with Crippen molar-refractivity contribution in [2.45, 2.75) is 25.8 Å². The Hall–Kier alpha value is -1.31. The molecule has 2 atom stereocenters. The van der Waals surface area contributed by atoms with Gasteiger partial charge in [-0.25, -0.2) is 0 Å². The van der Waals surface area contributed by atoms with Gasteiger partial charge in [-0.3, -0.25) is 0 Å². The minimum atomic E-state index is 0.237. The van der Waals surface area contributed by atoms with Gasteiger partial charge in [0.2, 0.25) is 0 Å². The van der Waals surface area contributed by atoms with Gasteiger partial charge < -0.3 is 5.32 Å². The molecule has 19 heavy (non-hydrogen) atoms. The Bertz CT molecular complexity index is 510. The molecule has 1 nitrogen and oxygen atoms in total. The Balaban J connectivity index is 2.33. The molecule has 1 N–H and O–H groups in total. The summed E-state index contributed by atoms with van der Waals surface area (Å²) in [5.41, 5.74) is 2.50. The van der Waals surface area contributed by atoms with Gasteiger partial charge in [0, 0.05) is 17.0 Å². The van der Waals surface area contributed by atoms with Crippen molar-refractivity contribution in [3.63, 3.8) is 0 Å². The van der Waals surface area contributed by atoms with Crippen molar-refractivity contribution >= 4 is 11.6 Å². The van der Waals surface area contributed by atoms with Crippen LogP contribution in [0.2, 0.25) is 5.02 Å². The molecule has 2 aromatic rings. The second-order valence-electron chi connectivity index (χ2n) is 4.76. The normalized spacial score (nSPS) is 14.1. The summed E-state index contributed by atoms with van der Waals surface area (Å²) in [5, 5.41) is 4.38. The molecule has 0 aliphatic rings. The molecule has 0 radical (unpaired) electrons. The van der Waals surface area contributed by atoms with Gasteiger partial charge in [-0.15, -0.1) is 0 Å². The summed E-state index contributed by atoms with van der Waals surface area (Å²) >= 11 is 6.35. The zero-order chi connectivity index (χ0) is 13.7. The van der Waals surface area contributed by atoms with Crippen LogP contribution in [0.25, 0.3) is 0 Å². The molecule has 0 saturated heterocycles. The van der Waals surface area contributed by atoms with Crippen LogP contribution >= 0.6 is 11.6 Å². The van der Waals surface area contributed by atoms with Crippen molar-refractivity contribution in [2.24, 2.45) is 0 Å². The number of benzene rings is 2. The van der Waals surface area contributed by atoms with Gasteiger partial charge in [-0.2, -0.15) is 0 Å². The quantitative estimate of drug-likeness (QED) is 0.826. The predicted molar refractivity (Wildman–Crippen MR) is 82.7 cm³/mol. The second-order valence-corrected chi connectivity index (χ2v) is 5.16. The number of likely N-dealkylation sites (N-methyl/N-ethyl adjacent to an activating group) is 1. The standard InChI is InChI=1S/C17H20ClN/c1-3-19-17(15-11-7-8-12-16(15)18)13(2)14-9-5-4-6-10-14/h4-13,17,19H,3H2,1-2H3. The Morgan fingerprint density at radius 1 is 1.00 bits per heavy atom. The Morgan fingerprint density at radius 3 is 2.26 bits per heavy atom. The lowest BCUT2D eigenvalue weighted by Crippen LogP contribution is -2.26. The summed E-state index contributed by atoms with van der Waals surface area (Å²) in [4.78, 5) is 0. The van der Waals surface area contributed by atoms with E-state index in [1.54, 1.807) is 0 Å². The van der Waals surface area contributed by atoms with Crippen LogP contribution < -0.4 is 5.32 Å². The average molecular weight is 274 g/mol. The summed E-state index contributed by atoms with van der Waals surface area (Å²) in [6, 6.07) is 18.9. The number of halogens is 1. The maximum Gasteiger partial charge on any atom is 0.0454 e. The maximum absolute atomic E-state index is 6.35. The smallest absolute Gasteiger partial charge is 0.0454 e. The first-order valence-electron chi connectivity index (χ1n) is 6.76. The Labute approximate surface area is 120 Å². The Kier molecular flexibility index (Phi) is 5.00. The van der Waals surface area contributed by atoms with Crippen LogP contribution in [0, 0.1) is 0 Å². The first-order chi connectivity index (χ1) is 9.24. The third kappa shape index (κ3) is 3.37. The van der Waals surface area contributed by atoms with E-state index in [-0.39, 0.29) is 6.04 Å². The van der Waals surface area contributed by atoms with Crippen LogP contribution in [0.5, 0.6) is 0 Å². The molecule has 0 amide bonds. The molecule has 0 aliphatic heterocycles. The van der Waals surface area contributed by atoms with Crippen molar-refractivity contribution in [3.8, 4) is 0 Å². The Morgan fingerprint density at radius 2 is 1.63 bits per heavy atom. The van der Waals surface area contributed by atoms with E-state index < -0.39 is 0 Å². The predicted octanol–water partition coefficient (Wildman–Crippen LogP) is 4.79. The van der Waals surface area contributed by atoms with Gasteiger partial charge in [-0.05, 0) is 23.7 Å². The minimum Gasteiger partial charge on any atom is -0.310 e. The van der Waals surface area contributed by atoms with E-state index in [0.29, 0.717) is 5.92 Å². The van der Waals surface area contributed by atoms with Crippen LogP contribution in [-0.2, 0) is 0 Å². The van der Waals surface area contributed by atoms with Gasteiger partial charge in [-0.1, -0.05) is 74.0 Å². The third-order valence-electron chi connectivity index (χ3n) is 3.49. The molecule has 2 unspecified atom stereocenters. The highest BCUT2D eigenvalue weighted by atomic mass is 35.5. The zero-order valence-corrected chi connectivity index (χ0v) is 12.2. The highest BCUT2D eigenvalue weighted by Crippen LogP contribution is 2.33. The van der Waals surface area contributed by atoms with Crippen LogP contribution in [0.3, 0.4) is 0 Å². The summed E-state index contributed by atoms with van der Waals surface area (Å²) < 4.78 is 0. The molecule has 0 aliphatic carbocycles. The van der Waals surface area contributed by atoms with Crippen molar-refractivity contribution in [2.75, 3.05) is 6.54 Å². The molecule has 100 valence electrons. The van der Waals surface area contributed by atoms with Gasteiger partial charge >= 0.3 is 0 Å². The highest BCUT2D eigenvalue weighted by Gasteiger charge is 2.21. The molecule has 2 aromatic carbocycles. The number of rotatable bonds is 5. The molecule has 2 rings (SSSR count). The van der Waals surface area contributed by atoms with Gasteiger partial charge in [0.1, 0.15) is 0 Å². The third-order valence-corrected chi connectivity index (χ3v) is 3.83. The molecular formula is C17H20ClN. The monoisotopic (exact) mass is 273 g/mol. The van der Waals surface area contributed by atoms with Crippen LogP contribution in [-0.4, -0.2) is 6.54 Å². The van der Waals surface area contributed by atoms with Gasteiger partial charge in [0.05, 0.1) is 0 Å². The van der Waals surface area contributed by atoms with Crippen molar-refractivity contribution in [1.82, 2.24) is 5.32 Å². The number of hydrogen-bond acceptors (Lipinski definition) is 1. The minimum absolute atomic E-state index is 0.237. The van der Waals surface area contributed by atoms with Crippen LogP contribution in [0.1, 0.15) is 36.9 Å².